The van der Waals surface area contributed by atoms with Crippen LogP contribution >= 0.6 is 0 Å². The number of hydrogen-bond donors (Lipinski definition) is 2. The lowest BCUT2D eigenvalue weighted by atomic mass is 9.97. The van der Waals surface area contributed by atoms with Crippen LogP contribution in [0.4, 0.5) is 5.69 Å². The van der Waals surface area contributed by atoms with Crippen molar-refractivity contribution < 1.29 is 28.5 Å². The van der Waals surface area contributed by atoms with Crippen molar-refractivity contribution in [1.29, 1.82) is 0 Å². The quantitative estimate of drug-likeness (QED) is 0.150. The molecule has 2 aliphatic heterocycles. The Bertz CT molecular complexity index is 2340. The fourth-order valence-electron chi connectivity index (χ4n) is 7.12. The molecule has 0 bridgehead atoms. The van der Waals surface area contributed by atoms with Gasteiger partial charge in [0.15, 0.2) is 11.5 Å². The van der Waals surface area contributed by atoms with Gasteiger partial charge in [0.25, 0.3) is 17.7 Å². The maximum absolute atomic E-state index is 14.5. The third-order valence-corrected chi connectivity index (χ3v) is 11.7. The molecule has 1 aromatic heterocycles. The summed E-state index contributed by atoms with van der Waals surface area (Å²) in [6.07, 6.45) is 2.80. The van der Waals surface area contributed by atoms with Gasteiger partial charge in [0.1, 0.15) is 6.23 Å². The molecule has 11 nitrogen and oxygen atoms in total. The number of unbranched alkanes of at least 4 members (excludes halogenated alkanes) is 2. The molecule has 0 aliphatic carbocycles. The predicted molar refractivity (Wildman–Crippen MR) is 209 cm³/mol. The van der Waals surface area contributed by atoms with E-state index >= 15 is 0 Å². The third kappa shape index (κ3) is 7.39. The molecule has 0 radical (unpaired) electrons. The van der Waals surface area contributed by atoms with Crippen molar-refractivity contribution in [2.75, 3.05) is 18.4 Å². The van der Waals surface area contributed by atoms with Crippen LogP contribution in [0.2, 0.25) is 0 Å². The van der Waals surface area contributed by atoms with Gasteiger partial charge in [0.2, 0.25) is 0 Å². The summed E-state index contributed by atoms with van der Waals surface area (Å²) in [4.78, 5) is 59.0. The number of carbonyl (C=O) groups is 4. The second-order valence-corrected chi connectivity index (χ2v) is 15.4. The first-order valence-corrected chi connectivity index (χ1v) is 19.8. The average molecular weight is 758 g/mol. The Balaban J connectivity index is 1.23. The van der Waals surface area contributed by atoms with Gasteiger partial charge in [-0.1, -0.05) is 63.1 Å². The summed E-state index contributed by atoms with van der Waals surface area (Å²) in [5, 5.41) is 18.8. The number of amides is 3. The molecule has 7 rings (SSSR count). The number of nitrogens with zero attached hydrogens (tertiary/aromatic N) is 4. The number of fused-ring (bicyclic) bond motifs is 3. The number of ketones is 1. The molecule has 0 fully saturated rings. The number of carbonyl (C=O) groups excluding carboxylic acids is 4. The van der Waals surface area contributed by atoms with E-state index in [2.05, 4.69) is 19.2 Å². The molecule has 0 saturated heterocycles. The molecule has 282 valence electrons. The lowest BCUT2D eigenvalue weighted by Crippen LogP contribution is -2.44. The van der Waals surface area contributed by atoms with Crippen molar-refractivity contribution in [2.45, 2.75) is 75.4 Å². The highest BCUT2D eigenvalue weighted by molar-refractivity contribution is 7.85. The standard InChI is InChI=1S/C43H43N5O6S/c1-4-6-20-46(21-7-5-2)43(53)35-22-27(3)48(45-35)36-19-17-31(25-34(36)42(52)47-26-30-13-9-8-12-28(30)24-39(47)49)44-41(51)29-16-18-33-38(23-29)55(54)37-15-11-10-14-32(37)40(33)50/h8-19,22-23,25,39,49H,4-7,20-21,24,26H2,1-3H3,(H,44,51)/t39-,55?/m1/s1. The van der Waals surface area contributed by atoms with E-state index in [1.165, 1.54) is 29.2 Å². The maximum atomic E-state index is 14.5. The lowest BCUT2D eigenvalue weighted by molar-refractivity contribution is -0.00173. The van der Waals surface area contributed by atoms with Crippen LogP contribution in [0, 0.1) is 6.92 Å². The van der Waals surface area contributed by atoms with Crippen LogP contribution in [0.15, 0.2) is 101 Å². The third-order valence-electron chi connectivity index (χ3n) is 10.2. The molecule has 0 spiro atoms. The largest absolute Gasteiger partial charge is 0.373 e. The number of aromatic nitrogens is 2. The van der Waals surface area contributed by atoms with E-state index in [-0.39, 0.29) is 57.6 Å². The zero-order chi connectivity index (χ0) is 38.8. The van der Waals surface area contributed by atoms with Gasteiger partial charge >= 0.3 is 0 Å². The van der Waals surface area contributed by atoms with E-state index in [1.807, 2.05) is 36.1 Å². The highest BCUT2D eigenvalue weighted by Crippen LogP contribution is 2.33. The number of aliphatic hydroxyl groups is 1. The Morgan fingerprint density at radius 1 is 0.873 bits per heavy atom. The number of aliphatic hydroxyl groups excluding tert-OH is 1. The summed E-state index contributed by atoms with van der Waals surface area (Å²) >= 11 is 0. The molecule has 12 heteroatoms. The van der Waals surface area contributed by atoms with Crippen molar-refractivity contribution in [1.82, 2.24) is 19.6 Å². The van der Waals surface area contributed by atoms with Crippen molar-refractivity contribution in [3.05, 3.63) is 136 Å². The Labute approximate surface area is 322 Å². The normalized spacial score (nSPS) is 15.9. The molecule has 55 heavy (non-hydrogen) atoms. The number of hydrogen-bond acceptors (Lipinski definition) is 7. The van der Waals surface area contributed by atoms with Gasteiger partial charge in [-0.25, -0.2) is 8.89 Å². The maximum Gasteiger partial charge on any atom is 0.274 e. The number of anilines is 1. The summed E-state index contributed by atoms with van der Waals surface area (Å²) in [5.74, 6) is -1.46. The monoisotopic (exact) mass is 757 g/mol. The van der Waals surface area contributed by atoms with Gasteiger partial charge in [-0.05, 0) is 85.5 Å². The minimum atomic E-state index is -1.66. The summed E-state index contributed by atoms with van der Waals surface area (Å²) in [6, 6.07) is 25.4. The molecule has 5 aromatic rings. The van der Waals surface area contributed by atoms with Gasteiger partial charge in [0.05, 0.1) is 31.8 Å². The Morgan fingerprint density at radius 2 is 1.56 bits per heavy atom. The minimum absolute atomic E-state index is 0.156. The lowest BCUT2D eigenvalue weighted by Gasteiger charge is -2.34. The second-order valence-electron chi connectivity index (χ2n) is 14.0. The van der Waals surface area contributed by atoms with Crippen molar-refractivity contribution in [3.8, 4) is 5.69 Å². The summed E-state index contributed by atoms with van der Waals surface area (Å²) < 4.78 is 15.0. The zero-order valence-electron chi connectivity index (χ0n) is 31.1. The molecule has 4 aromatic carbocycles. The van der Waals surface area contributed by atoms with Crippen LogP contribution in [0.1, 0.15) is 103 Å². The van der Waals surface area contributed by atoms with E-state index in [0.29, 0.717) is 34.9 Å². The van der Waals surface area contributed by atoms with Crippen LogP contribution in [-0.2, 0) is 23.8 Å². The molecule has 3 heterocycles. The molecular formula is C43H43N5O6S. The van der Waals surface area contributed by atoms with Gasteiger partial charge in [0, 0.05) is 54.1 Å². The van der Waals surface area contributed by atoms with Crippen molar-refractivity contribution in [2.24, 2.45) is 0 Å². The predicted octanol–water partition coefficient (Wildman–Crippen LogP) is 6.70. The van der Waals surface area contributed by atoms with E-state index in [9.17, 15) is 28.5 Å². The van der Waals surface area contributed by atoms with Gasteiger partial charge in [-0.15, -0.1) is 0 Å². The molecular weight excluding hydrogens is 715 g/mol. The van der Waals surface area contributed by atoms with Gasteiger partial charge < -0.3 is 20.2 Å². The summed E-state index contributed by atoms with van der Waals surface area (Å²) in [5.41, 5.74) is 4.42. The molecule has 1 unspecified atom stereocenters. The van der Waals surface area contributed by atoms with E-state index in [1.54, 1.807) is 47.1 Å². The van der Waals surface area contributed by atoms with Crippen molar-refractivity contribution >= 4 is 40.0 Å². The summed E-state index contributed by atoms with van der Waals surface area (Å²) in [7, 11) is -1.66. The Hall–Kier alpha value is -5.72. The first kappa shape index (κ1) is 37.6. The number of nitrogens with one attached hydrogen (secondary N) is 1. The number of benzene rings is 4. The first-order valence-electron chi connectivity index (χ1n) is 18.7. The molecule has 3 amide bonds. The van der Waals surface area contributed by atoms with Crippen molar-refractivity contribution in [3.63, 3.8) is 0 Å². The molecule has 2 atom stereocenters. The first-order chi connectivity index (χ1) is 26.6. The second kappa shape index (κ2) is 15.9. The minimum Gasteiger partial charge on any atom is -0.373 e. The SMILES string of the molecule is CCCCN(CCCC)C(=O)c1cc(C)n(-c2ccc(NC(=O)c3ccc4c(c3)S(=O)c3ccccc3C4=O)cc2C(=O)N2Cc3ccccc3C[C@H]2O)n1. The Kier molecular flexibility index (Phi) is 10.9. The number of aryl methyl sites for hydroxylation is 1. The highest BCUT2D eigenvalue weighted by Gasteiger charge is 2.32. The smallest absolute Gasteiger partial charge is 0.274 e. The van der Waals surface area contributed by atoms with Crippen LogP contribution in [0.3, 0.4) is 0 Å². The molecule has 2 aliphatic rings. The summed E-state index contributed by atoms with van der Waals surface area (Å²) in [6.45, 7) is 7.40. The van der Waals surface area contributed by atoms with Crippen LogP contribution in [0.25, 0.3) is 5.69 Å². The Morgan fingerprint density at radius 3 is 2.31 bits per heavy atom. The van der Waals surface area contributed by atoms with Crippen LogP contribution in [-0.4, -0.2) is 71.7 Å². The average Bonchev–Trinajstić information content (AvgIpc) is 3.59. The highest BCUT2D eigenvalue weighted by atomic mass is 32.2. The van der Waals surface area contributed by atoms with E-state index in [0.717, 1.165) is 36.8 Å². The fourth-order valence-corrected chi connectivity index (χ4v) is 8.52. The molecule has 2 N–H and O–H groups in total. The van der Waals surface area contributed by atoms with E-state index < -0.39 is 28.8 Å². The van der Waals surface area contributed by atoms with Gasteiger partial charge in [-0.3, -0.25) is 19.2 Å². The topological polar surface area (TPSA) is 142 Å². The van der Waals surface area contributed by atoms with Crippen LogP contribution < -0.4 is 5.32 Å². The fraction of sp³-hybridized carbons (Fsp3) is 0.279. The molecule has 0 saturated carbocycles. The van der Waals surface area contributed by atoms with E-state index in [4.69, 9.17) is 5.10 Å². The zero-order valence-corrected chi connectivity index (χ0v) is 31.9. The van der Waals surface area contributed by atoms with Crippen LogP contribution in [0.5, 0.6) is 0 Å². The number of rotatable bonds is 11. The van der Waals surface area contributed by atoms with Gasteiger partial charge in [-0.2, -0.15) is 5.10 Å².